The minimum atomic E-state index is -4.61. The summed E-state index contributed by atoms with van der Waals surface area (Å²) in [5, 5.41) is 2.37. The van der Waals surface area contributed by atoms with Crippen LogP contribution in [0.15, 0.2) is 0 Å². The molecule has 0 aromatic carbocycles. The Balaban J connectivity index is 2.38. The van der Waals surface area contributed by atoms with E-state index in [2.05, 4.69) is 10.3 Å². The average Bonchev–Trinajstić information content (AvgIpc) is 2.91. The van der Waals surface area contributed by atoms with Gasteiger partial charge in [-0.2, -0.15) is 13.2 Å². The normalized spacial score (nSPS) is 14.5. The van der Waals surface area contributed by atoms with Crippen LogP contribution >= 0.6 is 34.8 Å². The third-order valence-electron chi connectivity index (χ3n) is 3.54. The van der Waals surface area contributed by atoms with E-state index >= 15 is 0 Å². The van der Waals surface area contributed by atoms with Gasteiger partial charge in [-0.1, -0.05) is 41.7 Å². The number of anilines is 1. The Morgan fingerprint density at radius 3 is 2.50 bits per heavy atom. The first-order valence-corrected chi connectivity index (χ1v) is 8.28. The molecule has 1 amide bonds. The number of alkyl halides is 6. The molecule has 1 heterocycles. The lowest BCUT2D eigenvalue weighted by molar-refractivity contribution is -0.141. The van der Waals surface area contributed by atoms with Crippen molar-refractivity contribution in [3.05, 3.63) is 22.5 Å². The third kappa shape index (κ3) is 4.58. The van der Waals surface area contributed by atoms with Crippen molar-refractivity contribution in [1.82, 2.24) is 4.98 Å². The number of fused-ring (bicyclic) bond motifs is 1. The minimum Gasteiger partial charge on any atom is -0.445 e. The summed E-state index contributed by atoms with van der Waals surface area (Å²) < 4.78 is 42.7. The van der Waals surface area contributed by atoms with Crippen LogP contribution < -0.4 is 5.32 Å². The van der Waals surface area contributed by atoms with Gasteiger partial charge < -0.3 is 4.74 Å². The molecule has 2 rings (SSSR count). The predicted octanol–water partition coefficient (Wildman–Crippen LogP) is 5.07. The molecule has 0 aliphatic heterocycles. The summed E-state index contributed by atoms with van der Waals surface area (Å²) >= 11 is 16.5. The second-order valence-electron chi connectivity index (χ2n) is 5.26. The fraction of sp³-hybridized carbons (Fsp3) is 0.571. The van der Waals surface area contributed by atoms with E-state index in [0.29, 0.717) is 30.5 Å². The predicted molar refractivity (Wildman–Crippen MR) is 85.9 cm³/mol. The molecule has 4 nitrogen and oxygen atoms in total. The van der Waals surface area contributed by atoms with Crippen LogP contribution in [-0.2, 0) is 30.2 Å². The van der Waals surface area contributed by atoms with Gasteiger partial charge in [0, 0.05) is 11.3 Å². The molecule has 134 valence electrons. The number of ether oxygens (including phenoxy) is 1. The lowest BCUT2D eigenvalue weighted by atomic mass is 10.0. The van der Waals surface area contributed by atoms with Gasteiger partial charge in [-0.15, -0.1) is 0 Å². The van der Waals surface area contributed by atoms with Crippen LogP contribution in [0.4, 0.5) is 23.7 Å². The SMILES string of the molecule is CCc1c(C(F)(F)F)nc2c(c1NC(=O)OCC(Cl)(Cl)Cl)CCC2. The molecule has 10 heteroatoms. The Hall–Kier alpha value is -0.920. The van der Waals surface area contributed by atoms with Crippen molar-refractivity contribution in [2.24, 2.45) is 0 Å². The highest BCUT2D eigenvalue weighted by molar-refractivity contribution is 6.67. The summed E-state index contributed by atoms with van der Waals surface area (Å²) in [6.07, 6.45) is -3.90. The van der Waals surface area contributed by atoms with Gasteiger partial charge in [-0.25, -0.2) is 9.78 Å². The number of rotatable bonds is 3. The first kappa shape index (κ1) is 19.4. The first-order valence-electron chi connectivity index (χ1n) is 7.15. The molecular formula is C14H14Cl3F3N2O2. The lowest BCUT2D eigenvalue weighted by Gasteiger charge is -2.20. The maximum atomic E-state index is 13.3. The molecule has 0 bridgehead atoms. The Labute approximate surface area is 151 Å². The summed E-state index contributed by atoms with van der Waals surface area (Å²) in [6.45, 7) is 1.04. The van der Waals surface area contributed by atoms with Crippen LogP contribution in [0.1, 0.15) is 35.9 Å². The van der Waals surface area contributed by atoms with Crippen molar-refractivity contribution in [2.45, 2.75) is 42.6 Å². The monoisotopic (exact) mass is 404 g/mol. The van der Waals surface area contributed by atoms with Crippen LogP contribution in [0.2, 0.25) is 0 Å². The standard InChI is InChI=1S/C14H14Cl3F3N2O2/c1-2-7-10(22-12(23)24-6-13(15,16)17)8-4-3-5-9(8)21-11(7)14(18,19)20/h2-6H2,1H3,(H,21,22,23). The number of aromatic nitrogens is 1. The van der Waals surface area contributed by atoms with E-state index in [1.807, 2.05) is 0 Å². The molecular weight excluding hydrogens is 392 g/mol. The number of carbonyl (C=O) groups excluding carboxylic acids is 1. The third-order valence-corrected chi connectivity index (χ3v) is 3.87. The van der Waals surface area contributed by atoms with Crippen molar-refractivity contribution in [2.75, 3.05) is 11.9 Å². The van der Waals surface area contributed by atoms with Gasteiger partial charge in [0.1, 0.15) is 12.3 Å². The van der Waals surface area contributed by atoms with Crippen molar-refractivity contribution >= 4 is 46.6 Å². The highest BCUT2D eigenvalue weighted by Gasteiger charge is 2.38. The molecule has 1 N–H and O–H groups in total. The topological polar surface area (TPSA) is 51.2 Å². The largest absolute Gasteiger partial charge is 0.445 e. The van der Waals surface area contributed by atoms with Crippen LogP contribution in [-0.4, -0.2) is 21.5 Å². The summed E-state index contributed by atoms with van der Waals surface area (Å²) in [6, 6.07) is 0. The molecule has 1 aromatic rings. The number of nitrogens with zero attached hydrogens (tertiary/aromatic N) is 1. The Morgan fingerprint density at radius 2 is 1.96 bits per heavy atom. The number of halogens is 6. The van der Waals surface area contributed by atoms with Crippen LogP contribution in [0, 0.1) is 0 Å². The highest BCUT2D eigenvalue weighted by atomic mass is 35.6. The second kappa shape index (κ2) is 7.14. The summed E-state index contributed by atoms with van der Waals surface area (Å²) in [5.74, 6) is 0. The number of hydrogen-bond donors (Lipinski definition) is 1. The fourth-order valence-corrected chi connectivity index (χ4v) is 2.80. The Morgan fingerprint density at radius 1 is 1.29 bits per heavy atom. The zero-order valence-corrected chi connectivity index (χ0v) is 14.8. The molecule has 0 spiro atoms. The summed E-state index contributed by atoms with van der Waals surface area (Å²) in [4.78, 5) is 15.6. The molecule has 24 heavy (non-hydrogen) atoms. The number of aryl methyl sites for hydroxylation is 1. The van der Waals surface area contributed by atoms with Crippen LogP contribution in [0.5, 0.6) is 0 Å². The molecule has 0 saturated carbocycles. The number of nitrogens with one attached hydrogen (secondary N) is 1. The number of hydrogen-bond acceptors (Lipinski definition) is 3. The van der Waals surface area contributed by atoms with E-state index in [1.165, 1.54) is 0 Å². The Bertz CT molecular complexity index is 646. The van der Waals surface area contributed by atoms with Gasteiger partial charge in [-0.05, 0) is 31.2 Å². The van der Waals surface area contributed by atoms with E-state index in [1.54, 1.807) is 6.92 Å². The summed E-state index contributed by atoms with van der Waals surface area (Å²) in [5.41, 5.74) is -0.0140. The molecule has 1 aliphatic rings. The molecule has 1 aliphatic carbocycles. The van der Waals surface area contributed by atoms with Crippen molar-refractivity contribution in [1.29, 1.82) is 0 Å². The maximum Gasteiger partial charge on any atom is 0.433 e. The highest BCUT2D eigenvalue weighted by Crippen LogP contribution is 2.39. The molecule has 0 radical (unpaired) electrons. The first-order chi connectivity index (χ1) is 11.0. The van der Waals surface area contributed by atoms with Crippen molar-refractivity contribution in [3.8, 4) is 0 Å². The van der Waals surface area contributed by atoms with Crippen molar-refractivity contribution < 1.29 is 22.7 Å². The van der Waals surface area contributed by atoms with Gasteiger partial charge in [-0.3, -0.25) is 5.32 Å². The Kier molecular flexibility index (Phi) is 5.77. The molecule has 0 saturated heterocycles. The number of pyridine rings is 1. The van der Waals surface area contributed by atoms with Crippen molar-refractivity contribution in [3.63, 3.8) is 0 Å². The zero-order valence-electron chi connectivity index (χ0n) is 12.6. The van der Waals surface area contributed by atoms with Gasteiger partial charge in [0.2, 0.25) is 3.79 Å². The molecule has 0 unspecified atom stereocenters. The van der Waals surface area contributed by atoms with E-state index in [4.69, 9.17) is 39.5 Å². The van der Waals surface area contributed by atoms with Gasteiger partial charge in [0.05, 0.1) is 5.69 Å². The molecule has 1 aromatic heterocycles. The number of carbonyl (C=O) groups is 1. The van der Waals surface area contributed by atoms with Gasteiger partial charge in [0.15, 0.2) is 0 Å². The average molecular weight is 406 g/mol. The lowest BCUT2D eigenvalue weighted by Crippen LogP contribution is -2.24. The molecule has 0 fully saturated rings. The van der Waals surface area contributed by atoms with E-state index < -0.39 is 28.4 Å². The second-order valence-corrected chi connectivity index (χ2v) is 7.78. The quantitative estimate of drug-likeness (QED) is 0.714. The van der Waals surface area contributed by atoms with Crippen LogP contribution in [0.3, 0.4) is 0 Å². The smallest absolute Gasteiger partial charge is 0.433 e. The number of amides is 1. The molecule has 0 atom stereocenters. The van der Waals surface area contributed by atoms with E-state index in [-0.39, 0.29) is 17.7 Å². The van der Waals surface area contributed by atoms with E-state index in [0.717, 1.165) is 0 Å². The summed E-state index contributed by atoms with van der Waals surface area (Å²) in [7, 11) is 0. The maximum absolute atomic E-state index is 13.3. The van der Waals surface area contributed by atoms with E-state index in [9.17, 15) is 18.0 Å². The fourth-order valence-electron chi connectivity index (χ4n) is 2.64. The zero-order chi connectivity index (χ0) is 18.1. The van der Waals surface area contributed by atoms with Gasteiger partial charge in [0.25, 0.3) is 0 Å². The van der Waals surface area contributed by atoms with Gasteiger partial charge >= 0.3 is 12.3 Å². The van der Waals surface area contributed by atoms with Crippen LogP contribution in [0.25, 0.3) is 0 Å². The minimum absolute atomic E-state index is 0.0508.